The molecule has 2 heterocycles. The van der Waals surface area contributed by atoms with Gasteiger partial charge in [-0.15, -0.1) is 0 Å². The van der Waals surface area contributed by atoms with Gasteiger partial charge in [0.15, 0.2) is 17.6 Å². The molecule has 0 amide bonds. The van der Waals surface area contributed by atoms with Crippen LogP contribution in [0.3, 0.4) is 0 Å². The van der Waals surface area contributed by atoms with Gasteiger partial charge in [0.2, 0.25) is 0 Å². The van der Waals surface area contributed by atoms with Crippen molar-refractivity contribution in [3.8, 4) is 11.1 Å². The Balaban J connectivity index is 1.32. The quantitative estimate of drug-likeness (QED) is 0.508. The first-order valence-electron chi connectivity index (χ1n) is 8.97. The van der Waals surface area contributed by atoms with Crippen molar-refractivity contribution in [3.63, 3.8) is 0 Å². The highest BCUT2D eigenvalue weighted by Crippen LogP contribution is 2.29. The standard InChI is InChI=1S/C19H20N4O3S/c20-19-23-15-6-5-13(8-16(15)27-19)14-9-21-17(22-10-14)11-25-26-18(24)7-12-3-1-2-4-12/h5-6,8-10,12H,1-4,7,11H2,(H2,20,23). The molecule has 3 aromatic rings. The number of thiazole rings is 1. The van der Waals surface area contributed by atoms with Crippen molar-refractivity contribution < 1.29 is 14.6 Å². The molecule has 1 fully saturated rings. The van der Waals surface area contributed by atoms with E-state index in [1.807, 2.05) is 18.2 Å². The van der Waals surface area contributed by atoms with Gasteiger partial charge in [-0.25, -0.2) is 19.7 Å². The van der Waals surface area contributed by atoms with Crippen molar-refractivity contribution in [2.24, 2.45) is 5.92 Å². The summed E-state index contributed by atoms with van der Waals surface area (Å²) in [6.07, 6.45) is 8.45. The van der Waals surface area contributed by atoms with E-state index in [1.165, 1.54) is 24.2 Å². The van der Waals surface area contributed by atoms with Gasteiger partial charge in [-0.2, -0.15) is 4.89 Å². The van der Waals surface area contributed by atoms with Gasteiger partial charge in [-0.1, -0.05) is 30.2 Å². The third-order valence-corrected chi connectivity index (χ3v) is 5.56. The van der Waals surface area contributed by atoms with E-state index in [1.54, 1.807) is 12.4 Å². The number of hydrogen-bond acceptors (Lipinski definition) is 8. The molecule has 0 unspecified atom stereocenters. The van der Waals surface area contributed by atoms with Crippen molar-refractivity contribution in [1.82, 2.24) is 15.0 Å². The lowest BCUT2D eigenvalue weighted by molar-refractivity contribution is -0.281. The number of nitrogen functional groups attached to an aromatic ring is 1. The molecule has 27 heavy (non-hydrogen) atoms. The maximum atomic E-state index is 11.7. The molecule has 1 saturated carbocycles. The number of fused-ring (bicyclic) bond motifs is 1. The Morgan fingerprint density at radius 1 is 1.19 bits per heavy atom. The fourth-order valence-corrected chi connectivity index (χ4v) is 4.11. The molecule has 0 radical (unpaired) electrons. The van der Waals surface area contributed by atoms with Gasteiger partial charge in [0.25, 0.3) is 0 Å². The van der Waals surface area contributed by atoms with E-state index >= 15 is 0 Å². The van der Waals surface area contributed by atoms with Crippen molar-refractivity contribution in [1.29, 1.82) is 0 Å². The minimum absolute atomic E-state index is 0.0289. The second kappa shape index (κ2) is 7.98. The molecular weight excluding hydrogens is 364 g/mol. The lowest BCUT2D eigenvalue weighted by atomic mass is 10.1. The molecule has 8 heteroatoms. The number of carbonyl (C=O) groups excluding carboxylic acids is 1. The first kappa shape index (κ1) is 17.8. The highest BCUT2D eigenvalue weighted by molar-refractivity contribution is 7.22. The number of aromatic nitrogens is 3. The first-order chi connectivity index (χ1) is 13.2. The second-order valence-electron chi connectivity index (χ2n) is 6.69. The number of benzene rings is 1. The molecule has 0 aliphatic heterocycles. The highest BCUT2D eigenvalue weighted by atomic mass is 32.1. The summed E-state index contributed by atoms with van der Waals surface area (Å²) < 4.78 is 1.02. The number of anilines is 1. The van der Waals surface area contributed by atoms with Crippen LogP contribution in [0, 0.1) is 5.92 Å². The summed E-state index contributed by atoms with van der Waals surface area (Å²) in [5, 5.41) is 0.549. The Labute approximate surface area is 160 Å². The summed E-state index contributed by atoms with van der Waals surface area (Å²) >= 11 is 1.45. The molecule has 7 nitrogen and oxygen atoms in total. The van der Waals surface area contributed by atoms with Crippen LogP contribution in [0.4, 0.5) is 5.13 Å². The van der Waals surface area contributed by atoms with E-state index in [-0.39, 0.29) is 12.6 Å². The predicted molar refractivity (Wildman–Crippen MR) is 103 cm³/mol. The predicted octanol–water partition coefficient (Wildman–Crippen LogP) is 3.89. The van der Waals surface area contributed by atoms with E-state index in [9.17, 15) is 4.79 Å². The number of nitrogens with two attached hydrogens (primary N) is 1. The van der Waals surface area contributed by atoms with Crippen LogP contribution in [-0.2, 0) is 21.2 Å². The van der Waals surface area contributed by atoms with Gasteiger partial charge in [0.05, 0.1) is 16.6 Å². The van der Waals surface area contributed by atoms with E-state index in [0.717, 1.165) is 34.2 Å². The molecule has 0 atom stereocenters. The van der Waals surface area contributed by atoms with Crippen LogP contribution in [0.5, 0.6) is 0 Å². The Kier molecular flexibility index (Phi) is 5.26. The van der Waals surface area contributed by atoms with Crippen LogP contribution in [0.15, 0.2) is 30.6 Å². The second-order valence-corrected chi connectivity index (χ2v) is 7.76. The maximum absolute atomic E-state index is 11.7. The molecule has 4 rings (SSSR count). The van der Waals surface area contributed by atoms with Gasteiger partial charge < -0.3 is 5.73 Å². The molecule has 0 saturated heterocycles. The van der Waals surface area contributed by atoms with Crippen LogP contribution in [0.1, 0.15) is 37.9 Å². The summed E-state index contributed by atoms with van der Waals surface area (Å²) in [6, 6.07) is 5.91. The SMILES string of the molecule is Nc1nc2ccc(-c3cnc(COOC(=O)CC4CCCC4)nc3)cc2s1. The minimum atomic E-state index is -0.323. The molecule has 2 aromatic heterocycles. The largest absolute Gasteiger partial charge is 0.375 e. The Morgan fingerprint density at radius 3 is 2.74 bits per heavy atom. The lowest BCUT2D eigenvalue weighted by Crippen LogP contribution is -2.10. The van der Waals surface area contributed by atoms with Crippen molar-refractivity contribution >= 4 is 32.7 Å². The third kappa shape index (κ3) is 4.40. The maximum Gasteiger partial charge on any atom is 0.342 e. The average Bonchev–Trinajstić information content (AvgIpc) is 3.30. The van der Waals surface area contributed by atoms with E-state index < -0.39 is 0 Å². The Bertz CT molecular complexity index is 936. The summed E-state index contributed by atoms with van der Waals surface area (Å²) in [5.74, 6) is 0.564. The molecule has 140 valence electrons. The van der Waals surface area contributed by atoms with Crippen LogP contribution < -0.4 is 5.73 Å². The van der Waals surface area contributed by atoms with E-state index in [0.29, 0.717) is 23.3 Å². The van der Waals surface area contributed by atoms with E-state index in [2.05, 4.69) is 15.0 Å². The number of hydrogen-bond donors (Lipinski definition) is 1. The summed E-state index contributed by atoms with van der Waals surface area (Å²) in [4.78, 5) is 34.4. The van der Waals surface area contributed by atoms with Gasteiger partial charge >= 0.3 is 5.97 Å². The van der Waals surface area contributed by atoms with Crippen LogP contribution in [-0.4, -0.2) is 20.9 Å². The smallest absolute Gasteiger partial charge is 0.342 e. The van der Waals surface area contributed by atoms with Crippen molar-refractivity contribution in [2.75, 3.05) is 5.73 Å². The van der Waals surface area contributed by atoms with Crippen LogP contribution >= 0.6 is 11.3 Å². The summed E-state index contributed by atoms with van der Waals surface area (Å²) in [7, 11) is 0. The monoisotopic (exact) mass is 384 g/mol. The molecule has 1 aromatic carbocycles. The Hall–Kier alpha value is -2.58. The summed E-state index contributed by atoms with van der Waals surface area (Å²) in [5.41, 5.74) is 8.49. The van der Waals surface area contributed by atoms with Gasteiger partial charge in [-0.3, -0.25) is 4.89 Å². The zero-order valence-electron chi connectivity index (χ0n) is 14.8. The Morgan fingerprint density at radius 2 is 1.96 bits per heavy atom. The molecule has 0 bridgehead atoms. The van der Waals surface area contributed by atoms with Crippen molar-refractivity contribution in [2.45, 2.75) is 38.7 Å². The van der Waals surface area contributed by atoms with Gasteiger partial charge in [0, 0.05) is 18.0 Å². The minimum Gasteiger partial charge on any atom is -0.375 e. The first-order valence-corrected chi connectivity index (χ1v) is 9.79. The average molecular weight is 384 g/mol. The highest BCUT2D eigenvalue weighted by Gasteiger charge is 2.19. The topological polar surface area (TPSA) is 100 Å². The van der Waals surface area contributed by atoms with Gasteiger partial charge in [0.1, 0.15) is 0 Å². The van der Waals surface area contributed by atoms with Crippen LogP contribution in [0.25, 0.3) is 21.3 Å². The van der Waals surface area contributed by atoms with Gasteiger partial charge in [-0.05, 0) is 36.5 Å². The third-order valence-electron chi connectivity index (χ3n) is 4.71. The van der Waals surface area contributed by atoms with E-state index in [4.69, 9.17) is 15.5 Å². The number of carbonyl (C=O) groups is 1. The fourth-order valence-electron chi connectivity index (χ4n) is 3.33. The normalized spacial score (nSPS) is 14.7. The number of rotatable bonds is 6. The van der Waals surface area contributed by atoms with Crippen LogP contribution in [0.2, 0.25) is 0 Å². The molecule has 2 N–H and O–H groups in total. The number of nitrogens with zero attached hydrogens (tertiary/aromatic N) is 3. The fraction of sp³-hybridized carbons (Fsp3) is 0.368. The molecule has 0 spiro atoms. The molecular formula is C19H20N4O3S. The summed E-state index contributed by atoms with van der Waals surface area (Å²) in [6.45, 7) is 0.0289. The zero-order chi connectivity index (χ0) is 18.6. The lowest BCUT2D eigenvalue weighted by Gasteiger charge is -2.07. The molecule has 1 aliphatic rings. The van der Waals surface area contributed by atoms with Crippen molar-refractivity contribution in [3.05, 3.63) is 36.4 Å². The molecule has 1 aliphatic carbocycles. The zero-order valence-corrected chi connectivity index (χ0v) is 15.6.